The van der Waals surface area contributed by atoms with Crippen LogP contribution in [-0.2, 0) is 6.61 Å². The largest absolute Gasteiger partial charge is 0.486 e. The number of anilines is 1. The van der Waals surface area contributed by atoms with Crippen LogP contribution in [0.15, 0.2) is 29.9 Å². The Morgan fingerprint density at radius 3 is 3.00 bits per heavy atom. The molecular formula is C11H12N2OS. The molecule has 2 N–H and O–H groups in total. The summed E-state index contributed by atoms with van der Waals surface area (Å²) in [5, 5.41) is 0. The van der Waals surface area contributed by atoms with Crippen molar-refractivity contribution in [1.82, 2.24) is 4.98 Å². The van der Waals surface area contributed by atoms with Crippen molar-refractivity contribution in [2.75, 3.05) is 5.73 Å². The molecule has 2 rings (SSSR count). The maximum Gasteiger partial charge on any atom is 0.145 e. The minimum atomic E-state index is 0.528. The molecule has 2 aromatic rings. The predicted molar refractivity (Wildman–Crippen MR) is 62.0 cm³/mol. The van der Waals surface area contributed by atoms with E-state index in [-0.39, 0.29) is 0 Å². The minimum Gasteiger partial charge on any atom is -0.486 e. The molecule has 0 saturated heterocycles. The lowest BCUT2D eigenvalue weighted by Crippen LogP contribution is -1.99. The van der Waals surface area contributed by atoms with Crippen LogP contribution >= 0.6 is 11.3 Å². The fourth-order valence-corrected chi connectivity index (χ4v) is 1.83. The first-order chi connectivity index (χ1) is 7.27. The van der Waals surface area contributed by atoms with E-state index in [1.165, 1.54) is 0 Å². The number of thiazole rings is 1. The Bertz CT molecular complexity index is 420. The minimum absolute atomic E-state index is 0.528. The molecule has 0 radical (unpaired) electrons. The topological polar surface area (TPSA) is 48.1 Å². The lowest BCUT2D eigenvalue weighted by atomic mass is 10.2. The molecule has 15 heavy (non-hydrogen) atoms. The molecule has 1 aromatic heterocycles. The predicted octanol–water partition coefficient (Wildman–Crippen LogP) is 2.61. The molecule has 0 fully saturated rings. The fraction of sp³-hybridized carbons (Fsp3) is 0.182. The quantitative estimate of drug-likeness (QED) is 0.809. The van der Waals surface area contributed by atoms with E-state index < -0.39 is 0 Å². The normalized spacial score (nSPS) is 10.2. The average Bonchev–Trinajstić information content (AvgIpc) is 2.70. The van der Waals surface area contributed by atoms with Gasteiger partial charge in [0.25, 0.3) is 0 Å². The summed E-state index contributed by atoms with van der Waals surface area (Å²) in [6, 6.07) is 5.75. The Morgan fingerprint density at radius 2 is 2.33 bits per heavy atom. The van der Waals surface area contributed by atoms with Crippen molar-refractivity contribution >= 4 is 17.0 Å². The molecule has 0 aliphatic heterocycles. The summed E-state index contributed by atoms with van der Waals surface area (Å²) in [4.78, 5) is 5.08. The standard InChI is InChI=1S/C11H12N2OS/c1-8-3-2-4-10(12)11(8)14-6-9-5-13-7-15-9/h2-5,7H,6,12H2,1H3. The van der Waals surface area contributed by atoms with Gasteiger partial charge in [-0.3, -0.25) is 4.98 Å². The molecule has 0 aliphatic rings. The number of hydrogen-bond donors (Lipinski definition) is 1. The summed E-state index contributed by atoms with van der Waals surface area (Å²) in [6.45, 7) is 2.51. The Kier molecular flexibility index (Phi) is 2.87. The second-order valence-corrected chi connectivity index (χ2v) is 4.22. The van der Waals surface area contributed by atoms with Crippen LogP contribution in [0.2, 0.25) is 0 Å². The van der Waals surface area contributed by atoms with Gasteiger partial charge in [0.2, 0.25) is 0 Å². The summed E-state index contributed by atoms with van der Waals surface area (Å²) in [7, 11) is 0. The summed E-state index contributed by atoms with van der Waals surface area (Å²) in [6.07, 6.45) is 1.80. The Morgan fingerprint density at radius 1 is 1.47 bits per heavy atom. The first-order valence-corrected chi connectivity index (χ1v) is 5.50. The van der Waals surface area contributed by atoms with Crippen LogP contribution in [0, 0.1) is 6.92 Å². The fourth-order valence-electron chi connectivity index (χ4n) is 1.33. The highest BCUT2D eigenvalue weighted by Gasteiger charge is 2.04. The number of benzene rings is 1. The SMILES string of the molecule is Cc1cccc(N)c1OCc1cncs1. The number of aromatic nitrogens is 1. The van der Waals surface area contributed by atoms with Gasteiger partial charge in [0.15, 0.2) is 0 Å². The van der Waals surface area contributed by atoms with E-state index in [1.807, 2.05) is 25.1 Å². The third-order valence-electron chi connectivity index (χ3n) is 2.08. The molecular weight excluding hydrogens is 208 g/mol. The zero-order valence-electron chi connectivity index (χ0n) is 8.43. The zero-order valence-corrected chi connectivity index (χ0v) is 9.25. The molecule has 1 heterocycles. The van der Waals surface area contributed by atoms with Crippen LogP contribution in [0.4, 0.5) is 5.69 Å². The molecule has 0 saturated carbocycles. The van der Waals surface area contributed by atoms with Crippen LogP contribution in [0.1, 0.15) is 10.4 Å². The summed E-state index contributed by atoms with van der Waals surface area (Å²) < 4.78 is 5.66. The van der Waals surface area contributed by atoms with E-state index in [2.05, 4.69) is 4.98 Å². The van der Waals surface area contributed by atoms with Crippen molar-refractivity contribution in [3.8, 4) is 5.75 Å². The van der Waals surface area contributed by atoms with E-state index >= 15 is 0 Å². The van der Waals surface area contributed by atoms with Gasteiger partial charge >= 0.3 is 0 Å². The molecule has 78 valence electrons. The molecule has 1 aromatic carbocycles. The maximum atomic E-state index is 5.82. The van der Waals surface area contributed by atoms with Crippen LogP contribution in [0.3, 0.4) is 0 Å². The molecule has 0 spiro atoms. The molecule has 0 atom stereocenters. The molecule has 4 heteroatoms. The van der Waals surface area contributed by atoms with E-state index in [0.29, 0.717) is 12.3 Å². The summed E-state index contributed by atoms with van der Waals surface area (Å²) in [5.41, 5.74) is 9.35. The van der Waals surface area contributed by atoms with Crippen LogP contribution in [-0.4, -0.2) is 4.98 Å². The second-order valence-electron chi connectivity index (χ2n) is 3.25. The first kappa shape index (κ1) is 9.98. The number of aryl methyl sites for hydroxylation is 1. The Hall–Kier alpha value is -1.55. The number of nitrogen functional groups attached to an aromatic ring is 1. The number of ether oxygens (including phenoxy) is 1. The lowest BCUT2D eigenvalue weighted by molar-refractivity contribution is 0.309. The van der Waals surface area contributed by atoms with Gasteiger partial charge in [0.05, 0.1) is 16.1 Å². The van der Waals surface area contributed by atoms with E-state index in [4.69, 9.17) is 10.5 Å². The van der Waals surface area contributed by atoms with Crippen molar-refractivity contribution in [3.63, 3.8) is 0 Å². The monoisotopic (exact) mass is 220 g/mol. The second kappa shape index (κ2) is 4.31. The third-order valence-corrected chi connectivity index (χ3v) is 2.84. The molecule has 0 unspecified atom stereocenters. The van der Waals surface area contributed by atoms with Crippen molar-refractivity contribution in [3.05, 3.63) is 40.3 Å². The van der Waals surface area contributed by atoms with Crippen LogP contribution in [0.5, 0.6) is 5.75 Å². The number of hydrogen-bond acceptors (Lipinski definition) is 4. The third kappa shape index (κ3) is 2.27. The van der Waals surface area contributed by atoms with Gasteiger partial charge in [0.1, 0.15) is 12.4 Å². The van der Waals surface area contributed by atoms with Gasteiger partial charge in [-0.1, -0.05) is 12.1 Å². The van der Waals surface area contributed by atoms with Crippen LogP contribution in [0.25, 0.3) is 0 Å². The van der Waals surface area contributed by atoms with Gasteiger partial charge in [-0.15, -0.1) is 11.3 Å². The highest BCUT2D eigenvalue weighted by atomic mass is 32.1. The van der Waals surface area contributed by atoms with Crippen LogP contribution < -0.4 is 10.5 Å². The average molecular weight is 220 g/mol. The van der Waals surface area contributed by atoms with Gasteiger partial charge in [-0.25, -0.2) is 0 Å². The number of nitrogens with zero attached hydrogens (tertiary/aromatic N) is 1. The van der Waals surface area contributed by atoms with Crippen molar-refractivity contribution in [2.45, 2.75) is 13.5 Å². The number of rotatable bonds is 3. The summed E-state index contributed by atoms with van der Waals surface area (Å²) in [5.74, 6) is 0.769. The maximum absolute atomic E-state index is 5.82. The Balaban J connectivity index is 2.11. The number of nitrogens with two attached hydrogens (primary N) is 1. The highest BCUT2D eigenvalue weighted by molar-refractivity contribution is 7.09. The Labute approximate surface area is 92.5 Å². The molecule has 3 nitrogen and oxygen atoms in total. The van der Waals surface area contributed by atoms with Crippen molar-refractivity contribution < 1.29 is 4.74 Å². The summed E-state index contributed by atoms with van der Waals surface area (Å²) >= 11 is 1.58. The van der Waals surface area contributed by atoms with Crippen molar-refractivity contribution in [1.29, 1.82) is 0 Å². The van der Waals surface area contributed by atoms with Gasteiger partial charge < -0.3 is 10.5 Å². The van der Waals surface area contributed by atoms with E-state index in [1.54, 1.807) is 23.0 Å². The molecule has 0 aliphatic carbocycles. The van der Waals surface area contributed by atoms with E-state index in [9.17, 15) is 0 Å². The number of para-hydroxylation sites is 1. The lowest BCUT2D eigenvalue weighted by Gasteiger charge is -2.10. The smallest absolute Gasteiger partial charge is 0.145 e. The molecule has 0 bridgehead atoms. The first-order valence-electron chi connectivity index (χ1n) is 4.62. The van der Waals surface area contributed by atoms with E-state index in [0.717, 1.165) is 16.2 Å². The van der Waals surface area contributed by atoms with Gasteiger partial charge in [0, 0.05) is 6.20 Å². The highest BCUT2D eigenvalue weighted by Crippen LogP contribution is 2.26. The zero-order chi connectivity index (χ0) is 10.7. The van der Waals surface area contributed by atoms with Crippen molar-refractivity contribution in [2.24, 2.45) is 0 Å². The van der Waals surface area contributed by atoms with Gasteiger partial charge in [-0.05, 0) is 18.6 Å². The molecule has 0 amide bonds. The van der Waals surface area contributed by atoms with Gasteiger partial charge in [-0.2, -0.15) is 0 Å².